The number of hydrogen-bond donors (Lipinski definition) is 3. The summed E-state index contributed by atoms with van der Waals surface area (Å²) >= 11 is 0. The number of aliphatic imine (C=N–C) groups is 1. The molecule has 24 heavy (non-hydrogen) atoms. The highest BCUT2D eigenvalue weighted by atomic mass is 16.3. The largest absolute Gasteiger partial charge is 0.390 e. The van der Waals surface area contributed by atoms with Gasteiger partial charge in [-0.2, -0.15) is 0 Å². The van der Waals surface area contributed by atoms with Crippen LogP contribution in [0.25, 0.3) is 0 Å². The summed E-state index contributed by atoms with van der Waals surface area (Å²) < 4.78 is 0. The fourth-order valence-electron chi connectivity index (χ4n) is 2.64. The molecular formula is C18H27N5O. The van der Waals surface area contributed by atoms with Crippen LogP contribution in [-0.2, 0) is 13.0 Å². The van der Waals surface area contributed by atoms with E-state index in [1.165, 1.54) is 11.1 Å². The molecule has 3 N–H and O–H groups in total. The molecule has 0 saturated heterocycles. The average Bonchev–Trinajstić information content (AvgIpc) is 2.57. The molecule has 6 heteroatoms. The lowest BCUT2D eigenvalue weighted by Gasteiger charge is -2.30. The SMILES string of the molecule is C=C(/N=C\N(C)C)C(=N)NC[C@@H](O)CN1CCc2ccccc2C1. The smallest absolute Gasteiger partial charge is 0.143 e. The van der Waals surface area contributed by atoms with Gasteiger partial charge in [-0.3, -0.25) is 10.3 Å². The zero-order chi connectivity index (χ0) is 17.5. The maximum Gasteiger partial charge on any atom is 0.143 e. The van der Waals surface area contributed by atoms with E-state index in [1.54, 1.807) is 11.2 Å². The van der Waals surface area contributed by atoms with Gasteiger partial charge in [0.2, 0.25) is 0 Å². The fraction of sp³-hybridized carbons (Fsp3) is 0.444. The molecule has 2 rings (SSSR count). The first kappa shape index (κ1) is 18.2. The van der Waals surface area contributed by atoms with Crippen LogP contribution in [0.1, 0.15) is 11.1 Å². The second kappa shape index (κ2) is 8.61. The van der Waals surface area contributed by atoms with Crippen molar-refractivity contribution >= 4 is 12.2 Å². The first-order chi connectivity index (χ1) is 11.5. The minimum Gasteiger partial charge on any atom is -0.390 e. The molecule has 0 radical (unpaired) electrons. The molecule has 0 aromatic heterocycles. The third-order valence-corrected chi connectivity index (χ3v) is 3.93. The molecule has 0 bridgehead atoms. The lowest BCUT2D eigenvalue weighted by Crippen LogP contribution is -2.42. The lowest BCUT2D eigenvalue weighted by atomic mass is 10.00. The molecule has 130 valence electrons. The maximum atomic E-state index is 10.2. The van der Waals surface area contributed by atoms with E-state index in [-0.39, 0.29) is 5.84 Å². The number of rotatable bonds is 7. The van der Waals surface area contributed by atoms with Crippen molar-refractivity contribution < 1.29 is 5.11 Å². The summed E-state index contributed by atoms with van der Waals surface area (Å²) in [6, 6.07) is 8.45. The van der Waals surface area contributed by atoms with Crippen molar-refractivity contribution in [3.8, 4) is 0 Å². The molecule has 0 unspecified atom stereocenters. The summed E-state index contributed by atoms with van der Waals surface area (Å²) in [4.78, 5) is 8.10. The van der Waals surface area contributed by atoms with E-state index in [0.717, 1.165) is 19.5 Å². The predicted molar refractivity (Wildman–Crippen MR) is 98.5 cm³/mol. The van der Waals surface area contributed by atoms with Crippen molar-refractivity contribution in [3.05, 3.63) is 47.7 Å². The van der Waals surface area contributed by atoms with E-state index in [9.17, 15) is 5.11 Å². The summed E-state index contributed by atoms with van der Waals surface area (Å²) in [5.41, 5.74) is 3.09. The third-order valence-electron chi connectivity index (χ3n) is 3.93. The Labute approximate surface area is 144 Å². The summed E-state index contributed by atoms with van der Waals surface area (Å²) in [6.07, 6.45) is 2.07. The summed E-state index contributed by atoms with van der Waals surface area (Å²) in [6.45, 7) is 6.46. The molecule has 1 atom stereocenters. The van der Waals surface area contributed by atoms with E-state index in [2.05, 4.69) is 46.1 Å². The van der Waals surface area contributed by atoms with Crippen molar-refractivity contribution in [2.45, 2.75) is 19.1 Å². The number of nitrogens with zero attached hydrogens (tertiary/aromatic N) is 3. The number of β-amino-alcohol motifs (C(OH)–C–C–N with tert-alkyl or cyclic N) is 1. The van der Waals surface area contributed by atoms with Crippen LogP contribution in [0, 0.1) is 5.41 Å². The minimum atomic E-state index is -0.541. The van der Waals surface area contributed by atoms with Gasteiger partial charge in [-0.25, -0.2) is 4.99 Å². The topological polar surface area (TPSA) is 75.0 Å². The first-order valence-corrected chi connectivity index (χ1v) is 8.15. The molecule has 1 aliphatic rings. The molecule has 1 aliphatic heterocycles. The van der Waals surface area contributed by atoms with Crippen LogP contribution in [0.15, 0.2) is 41.5 Å². The molecule has 1 aromatic rings. The quantitative estimate of drug-likeness (QED) is 0.517. The van der Waals surface area contributed by atoms with Crippen LogP contribution in [0.2, 0.25) is 0 Å². The lowest BCUT2D eigenvalue weighted by molar-refractivity contribution is 0.108. The Morgan fingerprint density at radius 1 is 1.46 bits per heavy atom. The van der Waals surface area contributed by atoms with Crippen LogP contribution >= 0.6 is 0 Å². The van der Waals surface area contributed by atoms with Crippen molar-refractivity contribution in [1.29, 1.82) is 5.41 Å². The minimum absolute atomic E-state index is 0.135. The fourth-order valence-corrected chi connectivity index (χ4v) is 2.64. The standard InChI is InChI=1S/C18H27N5O/c1-14(21-13-22(2)3)18(19)20-10-17(24)12-23-9-8-15-6-4-5-7-16(15)11-23/h4-7,13,17,24H,1,8-12H2,2-3H3,(H2,19,20)/b21-13-/t17-/m1/s1. The van der Waals surface area contributed by atoms with Crippen molar-refractivity contribution in [2.24, 2.45) is 4.99 Å². The van der Waals surface area contributed by atoms with Gasteiger partial charge in [-0.1, -0.05) is 30.8 Å². The summed E-state index contributed by atoms with van der Waals surface area (Å²) in [5, 5.41) is 21.0. The monoisotopic (exact) mass is 329 g/mol. The summed E-state index contributed by atoms with van der Waals surface area (Å²) in [5.74, 6) is 0.135. The van der Waals surface area contributed by atoms with Gasteiger partial charge >= 0.3 is 0 Å². The molecule has 6 nitrogen and oxygen atoms in total. The number of aliphatic hydroxyl groups excluding tert-OH is 1. The van der Waals surface area contributed by atoms with Crippen LogP contribution < -0.4 is 5.32 Å². The second-order valence-electron chi connectivity index (χ2n) is 6.32. The zero-order valence-electron chi connectivity index (χ0n) is 14.5. The number of amidine groups is 1. The van der Waals surface area contributed by atoms with Crippen LogP contribution in [0.4, 0.5) is 0 Å². The van der Waals surface area contributed by atoms with E-state index in [1.807, 2.05) is 14.1 Å². The van der Waals surface area contributed by atoms with Gasteiger partial charge in [0, 0.05) is 40.3 Å². The second-order valence-corrected chi connectivity index (χ2v) is 6.32. The Bertz CT molecular complexity index is 611. The highest BCUT2D eigenvalue weighted by Gasteiger charge is 2.18. The molecule has 0 fully saturated rings. The van der Waals surface area contributed by atoms with Gasteiger partial charge < -0.3 is 15.3 Å². The van der Waals surface area contributed by atoms with Crippen LogP contribution in [0.5, 0.6) is 0 Å². The number of nitrogens with one attached hydrogen (secondary N) is 2. The van der Waals surface area contributed by atoms with Gasteiger partial charge in [0.25, 0.3) is 0 Å². The van der Waals surface area contributed by atoms with Gasteiger partial charge in [0.15, 0.2) is 0 Å². The molecular weight excluding hydrogens is 302 g/mol. The van der Waals surface area contributed by atoms with Crippen molar-refractivity contribution in [2.75, 3.05) is 33.7 Å². The molecule has 1 heterocycles. The van der Waals surface area contributed by atoms with E-state index in [0.29, 0.717) is 18.8 Å². The number of fused-ring (bicyclic) bond motifs is 1. The molecule has 0 amide bonds. The Balaban J connectivity index is 1.75. The molecule has 0 aliphatic carbocycles. The average molecular weight is 329 g/mol. The first-order valence-electron chi connectivity index (χ1n) is 8.15. The highest BCUT2D eigenvalue weighted by molar-refractivity contribution is 5.95. The van der Waals surface area contributed by atoms with Gasteiger partial charge in [-0.05, 0) is 17.5 Å². The number of hydrogen-bond acceptors (Lipinski definition) is 4. The normalized spacial score (nSPS) is 15.8. The predicted octanol–water partition coefficient (Wildman–Crippen LogP) is 1.08. The Hall–Kier alpha value is -2.18. The van der Waals surface area contributed by atoms with Gasteiger partial charge in [0.1, 0.15) is 5.84 Å². The number of aliphatic hydroxyl groups is 1. The Morgan fingerprint density at radius 3 is 2.88 bits per heavy atom. The van der Waals surface area contributed by atoms with Gasteiger partial charge in [-0.15, -0.1) is 0 Å². The van der Waals surface area contributed by atoms with Gasteiger partial charge in [0.05, 0.1) is 18.1 Å². The van der Waals surface area contributed by atoms with Crippen LogP contribution in [0.3, 0.4) is 0 Å². The van der Waals surface area contributed by atoms with E-state index < -0.39 is 6.10 Å². The van der Waals surface area contributed by atoms with Crippen molar-refractivity contribution in [3.63, 3.8) is 0 Å². The molecule has 1 aromatic carbocycles. The molecule has 0 spiro atoms. The van der Waals surface area contributed by atoms with Crippen LogP contribution in [-0.4, -0.2) is 66.9 Å². The zero-order valence-corrected chi connectivity index (χ0v) is 14.5. The Morgan fingerprint density at radius 2 is 2.17 bits per heavy atom. The van der Waals surface area contributed by atoms with Crippen molar-refractivity contribution in [1.82, 2.24) is 15.1 Å². The third kappa shape index (κ3) is 5.47. The number of benzene rings is 1. The molecule has 0 saturated carbocycles. The summed E-state index contributed by atoms with van der Waals surface area (Å²) in [7, 11) is 3.71. The maximum absolute atomic E-state index is 10.2. The highest BCUT2D eigenvalue weighted by Crippen LogP contribution is 2.18. The Kier molecular flexibility index (Phi) is 6.52. The van der Waals surface area contributed by atoms with E-state index in [4.69, 9.17) is 5.41 Å². The van der Waals surface area contributed by atoms with E-state index >= 15 is 0 Å².